The summed E-state index contributed by atoms with van der Waals surface area (Å²) in [6, 6.07) is 13.2. The Morgan fingerprint density at radius 3 is 2.74 bits per heavy atom. The van der Waals surface area contributed by atoms with Crippen molar-refractivity contribution >= 4 is 23.4 Å². The van der Waals surface area contributed by atoms with Gasteiger partial charge in [0, 0.05) is 29.5 Å². The maximum Gasteiger partial charge on any atom is 0.338 e. The molecule has 3 N–H and O–H groups in total. The Balaban J connectivity index is 1.32. The lowest BCUT2D eigenvalue weighted by atomic mass is 9.85. The molecule has 2 amide bonds. The second-order valence-electron chi connectivity index (χ2n) is 8.71. The molecule has 4 rings (SSSR count). The van der Waals surface area contributed by atoms with Crippen molar-refractivity contribution in [2.45, 2.75) is 64.6 Å². The number of anilines is 2. The molecule has 0 saturated heterocycles. The highest BCUT2D eigenvalue weighted by Crippen LogP contribution is 2.27. The zero-order chi connectivity index (χ0) is 21.6. The van der Waals surface area contributed by atoms with Gasteiger partial charge in [0.05, 0.1) is 5.56 Å². The van der Waals surface area contributed by atoms with Gasteiger partial charge in [-0.1, -0.05) is 56.4 Å². The molecule has 1 heterocycles. The van der Waals surface area contributed by atoms with Crippen LogP contribution in [0.5, 0.6) is 0 Å². The van der Waals surface area contributed by atoms with Gasteiger partial charge in [0.15, 0.2) is 0 Å². The molecule has 1 saturated carbocycles. The van der Waals surface area contributed by atoms with Crippen LogP contribution in [0.25, 0.3) is 0 Å². The molecule has 164 valence electrons. The zero-order valence-electron chi connectivity index (χ0n) is 18.1. The minimum absolute atomic E-state index is 0.292. The number of nitrogens with one attached hydrogen (secondary N) is 3. The highest BCUT2D eigenvalue weighted by molar-refractivity contribution is 6.01. The Labute approximate surface area is 183 Å². The number of urea groups is 1. The van der Waals surface area contributed by atoms with Gasteiger partial charge in [-0.15, -0.1) is 0 Å². The van der Waals surface area contributed by atoms with Crippen LogP contribution in [-0.4, -0.2) is 18.0 Å². The third kappa shape index (κ3) is 5.64. The minimum atomic E-state index is -0.349. The highest BCUT2D eigenvalue weighted by Gasteiger charge is 2.21. The van der Waals surface area contributed by atoms with Gasteiger partial charge in [-0.25, -0.2) is 9.59 Å². The summed E-state index contributed by atoms with van der Waals surface area (Å²) < 4.78 is 5.01. The summed E-state index contributed by atoms with van der Waals surface area (Å²) in [7, 11) is 0. The number of rotatable bonds is 7. The van der Waals surface area contributed by atoms with E-state index in [0.29, 0.717) is 30.4 Å². The lowest BCUT2D eigenvalue weighted by Gasteiger charge is -2.25. The number of para-hydroxylation sites is 1. The number of hydrogen-bond acceptors (Lipinski definition) is 4. The second kappa shape index (κ2) is 9.96. The summed E-state index contributed by atoms with van der Waals surface area (Å²) in [5.41, 5.74) is 3.74. The Morgan fingerprint density at radius 1 is 1.10 bits per heavy atom. The third-order valence-electron chi connectivity index (χ3n) is 6.26. The molecule has 2 aromatic carbocycles. The molecule has 6 heteroatoms. The molecule has 2 aliphatic rings. The molecule has 31 heavy (non-hydrogen) atoms. The fourth-order valence-electron chi connectivity index (χ4n) is 4.56. The highest BCUT2D eigenvalue weighted by atomic mass is 16.5. The van der Waals surface area contributed by atoms with E-state index in [1.165, 1.54) is 38.5 Å². The maximum absolute atomic E-state index is 12.6. The number of ether oxygens (including phenoxy) is 1. The lowest BCUT2D eigenvalue weighted by molar-refractivity contribution is 0.0535. The van der Waals surface area contributed by atoms with Crippen LogP contribution in [0.3, 0.4) is 0 Å². The van der Waals surface area contributed by atoms with Crippen molar-refractivity contribution < 1.29 is 14.3 Å². The van der Waals surface area contributed by atoms with Crippen molar-refractivity contribution in [1.82, 2.24) is 5.32 Å². The fourth-order valence-corrected chi connectivity index (χ4v) is 4.56. The molecule has 1 atom stereocenters. The largest absolute Gasteiger partial charge is 0.457 e. The van der Waals surface area contributed by atoms with E-state index in [9.17, 15) is 9.59 Å². The number of fused-ring (bicyclic) bond motifs is 1. The third-order valence-corrected chi connectivity index (χ3v) is 6.26. The summed E-state index contributed by atoms with van der Waals surface area (Å²) in [5.74, 6) is 0.484. The molecular weight excluding hydrogens is 390 g/mol. The molecule has 1 fully saturated rings. The van der Waals surface area contributed by atoms with Gasteiger partial charge in [0.2, 0.25) is 0 Å². The summed E-state index contributed by atoms with van der Waals surface area (Å²) in [4.78, 5) is 24.3. The first-order valence-electron chi connectivity index (χ1n) is 11.3. The predicted octanol–water partition coefficient (Wildman–Crippen LogP) is 5.45. The molecular formula is C25H31N3O3. The molecule has 1 aliphatic heterocycles. The van der Waals surface area contributed by atoms with E-state index >= 15 is 0 Å². The molecule has 0 spiro atoms. The van der Waals surface area contributed by atoms with Crippen molar-refractivity contribution in [2.75, 3.05) is 10.6 Å². The van der Waals surface area contributed by atoms with E-state index in [0.717, 1.165) is 22.7 Å². The number of cyclic esters (lactones) is 1. The average molecular weight is 422 g/mol. The van der Waals surface area contributed by atoms with Gasteiger partial charge in [-0.3, -0.25) is 0 Å². The number of esters is 1. The zero-order valence-corrected chi connectivity index (χ0v) is 18.1. The molecule has 0 bridgehead atoms. The smallest absolute Gasteiger partial charge is 0.338 e. The van der Waals surface area contributed by atoms with E-state index in [4.69, 9.17) is 4.74 Å². The van der Waals surface area contributed by atoms with Gasteiger partial charge < -0.3 is 20.7 Å². The van der Waals surface area contributed by atoms with Crippen LogP contribution in [-0.2, 0) is 17.9 Å². The monoisotopic (exact) mass is 421 g/mol. The minimum Gasteiger partial charge on any atom is -0.457 e. The first-order valence-corrected chi connectivity index (χ1v) is 11.3. The number of amides is 2. The number of carbonyl (C=O) groups excluding carboxylic acids is 2. The summed E-state index contributed by atoms with van der Waals surface area (Å²) in [6.07, 6.45) is 8.02. The van der Waals surface area contributed by atoms with Crippen molar-refractivity contribution in [3.05, 3.63) is 59.2 Å². The van der Waals surface area contributed by atoms with E-state index in [2.05, 4.69) is 22.9 Å². The Kier molecular flexibility index (Phi) is 6.87. The topological polar surface area (TPSA) is 79.5 Å². The lowest BCUT2D eigenvalue weighted by Crippen LogP contribution is -2.29. The first-order chi connectivity index (χ1) is 15.1. The summed E-state index contributed by atoms with van der Waals surface area (Å²) in [5, 5.41) is 9.37. The maximum atomic E-state index is 12.6. The van der Waals surface area contributed by atoms with E-state index in [1.807, 2.05) is 24.3 Å². The van der Waals surface area contributed by atoms with Crippen LogP contribution >= 0.6 is 0 Å². The number of hydrogen-bond donors (Lipinski definition) is 3. The second-order valence-corrected chi connectivity index (χ2v) is 8.71. The molecule has 1 aliphatic carbocycles. The summed E-state index contributed by atoms with van der Waals surface area (Å²) >= 11 is 0. The fraction of sp³-hybridized carbons (Fsp3) is 0.440. The van der Waals surface area contributed by atoms with E-state index in [-0.39, 0.29) is 12.0 Å². The summed E-state index contributed by atoms with van der Waals surface area (Å²) in [6.45, 7) is 3.24. The van der Waals surface area contributed by atoms with Crippen LogP contribution in [0.1, 0.15) is 66.9 Å². The first kappa shape index (κ1) is 21.4. The van der Waals surface area contributed by atoms with Crippen LogP contribution in [0.15, 0.2) is 42.5 Å². The standard InChI is InChI=1S/C25H31N3O3/c1-17(13-18-7-3-2-4-8-18)26-15-19-9-5-6-10-23(19)28-25(30)27-21-12-11-20-16-31-24(29)22(20)14-21/h5-6,9-12,14,17-18,26H,2-4,7-8,13,15-16H2,1H3,(H2,27,28,30)/t17-/m0/s1. The predicted molar refractivity (Wildman–Crippen MR) is 122 cm³/mol. The van der Waals surface area contributed by atoms with Gasteiger partial charge >= 0.3 is 12.0 Å². The Morgan fingerprint density at radius 2 is 1.90 bits per heavy atom. The van der Waals surface area contributed by atoms with E-state index < -0.39 is 0 Å². The van der Waals surface area contributed by atoms with Crippen LogP contribution < -0.4 is 16.0 Å². The number of carbonyl (C=O) groups is 2. The molecule has 0 aromatic heterocycles. The molecule has 2 aromatic rings. The molecule has 0 radical (unpaired) electrons. The van der Waals surface area contributed by atoms with Crippen molar-refractivity contribution in [3.63, 3.8) is 0 Å². The van der Waals surface area contributed by atoms with Crippen LogP contribution in [0, 0.1) is 5.92 Å². The van der Waals surface area contributed by atoms with Gasteiger partial charge in [-0.05, 0) is 43.0 Å². The normalized spacial score (nSPS) is 17.0. The Hall–Kier alpha value is -2.86. The number of benzene rings is 2. The van der Waals surface area contributed by atoms with Gasteiger partial charge in [0.1, 0.15) is 6.61 Å². The average Bonchev–Trinajstić information content (AvgIpc) is 3.14. The van der Waals surface area contributed by atoms with Crippen molar-refractivity contribution in [2.24, 2.45) is 5.92 Å². The quantitative estimate of drug-likeness (QED) is 0.520. The van der Waals surface area contributed by atoms with Crippen molar-refractivity contribution in [1.29, 1.82) is 0 Å². The molecule has 6 nitrogen and oxygen atoms in total. The van der Waals surface area contributed by atoms with E-state index in [1.54, 1.807) is 18.2 Å². The van der Waals surface area contributed by atoms with Gasteiger partial charge in [-0.2, -0.15) is 0 Å². The van der Waals surface area contributed by atoms with Crippen LogP contribution in [0.4, 0.5) is 16.2 Å². The SMILES string of the molecule is C[C@@H](CC1CCCCC1)NCc1ccccc1NC(=O)Nc1ccc2c(c1)C(=O)OC2. The Bertz CT molecular complexity index is 937. The van der Waals surface area contributed by atoms with Crippen molar-refractivity contribution in [3.8, 4) is 0 Å². The molecule has 0 unspecified atom stereocenters. The van der Waals surface area contributed by atoms with Crippen LogP contribution in [0.2, 0.25) is 0 Å². The van der Waals surface area contributed by atoms with Gasteiger partial charge in [0.25, 0.3) is 0 Å².